The Balaban J connectivity index is 0.000000140. The van der Waals surface area contributed by atoms with Crippen LogP contribution in [0.1, 0.15) is 97.6 Å². The molecule has 0 amide bonds. The van der Waals surface area contributed by atoms with Crippen molar-refractivity contribution >= 4 is 126 Å². The maximum absolute atomic E-state index is 13.1. The monoisotopic (exact) mass is 1540 g/mol. The molecule has 0 unspecified atom stereocenters. The van der Waals surface area contributed by atoms with Gasteiger partial charge in [-0.1, -0.05) is 80.2 Å². The Bertz CT molecular complexity index is 5400. The van der Waals surface area contributed by atoms with Gasteiger partial charge in [-0.15, -0.1) is 24.0 Å². The Morgan fingerprint density at radius 2 is 0.585 bits per heavy atom. The highest BCUT2D eigenvalue weighted by atomic mass is 127. The molecule has 10 N–H and O–H groups in total. The summed E-state index contributed by atoms with van der Waals surface area (Å²) in [5.41, 5.74) is 7.93. The molecule has 0 spiro atoms. The van der Waals surface area contributed by atoms with Gasteiger partial charge < -0.3 is 31.5 Å². The number of fused-ring (bicyclic) bond motifs is 4. The van der Waals surface area contributed by atoms with Crippen LogP contribution in [0.15, 0.2) is 218 Å². The topological polar surface area (TPSA) is 341 Å². The van der Waals surface area contributed by atoms with E-state index in [0.29, 0.717) is 90.9 Å². The second kappa shape index (κ2) is 33.3. The number of hydrogen-bond acceptors (Lipinski definition) is 20. The van der Waals surface area contributed by atoms with E-state index < -0.39 is 23.8 Å². The molecule has 0 aliphatic rings. The van der Waals surface area contributed by atoms with Gasteiger partial charge in [0.15, 0.2) is 34.9 Å². The lowest BCUT2D eigenvalue weighted by Crippen LogP contribution is -2.09. The molecule has 0 aliphatic carbocycles. The number of halogens is 5. The molecule has 24 nitrogen and oxygen atoms in total. The van der Waals surface area contributed by atoms with Crippen LogP contribution in [-0.4, -0.2) is 102 Å². The number of aliphatic hydroxyl groups is 2. The van der Waals surface area contributed by atoms with Gasteiger partial charge in [-0.25, -0.2) is 57.4 Å². The van der Waals surface area contributed by atoms with Crippen LogP contribution in [0.5, 0.6) is 0 Å². The number of nitrogens with zero attached hydrogens (tertiary/aromatic N) is 12. The summed E-state index contributed by atoms with van der Waals surface area (Å²) in [6, 6.07) is 59.0. The van der Waals surface area contributed by atoms with Crippen LogP contribution in [0.25, 0.3) is 43.6 Å². The van der Waals surface area contributed by atoms with Gasteiger partial charge in [-0.3, -0.25) is 30.0 Å². The van der Waals surface area contributed by atoms with Crippen molar-refractivity contribution in [2.45, 2.75) is 47.3 Å². The summed E-state index contributed by atoms with van der Waals surface area (Å²) < 4.78 is 52.5. The first-order valence-corrected chi connectivity index (χ1v) is 32.1. The molecule has 0 saturated carbocycles. The SMILES string of the molecule is C.Cc1cc(Nc2nc(C(=O)c3ccc(F)cc3)nc3ccccc23)n[nH]1.Cc1cc(Nc2nc(C(=O)c3ccc(F)cc3)nc3ccccc23)n[nH]1.Cc1cc(Nc2nc([C@@H](O)c3ccc(F)cc3)nc3ccccc23)n[nH]1.Cc1cc(Nc2nc([C@H](O)c3ccc(F)cc3)nc3ccccc23)n[nH]1.I. The zero-order chi connectivity index (χ0) is 72.4. The lowest BCUT2D eigenvalue weighted by Gasteiger charge is -2.13. The summed E-state index contributed by atoms with van der Waals surface area (Å²) in [5, 5.41) is 65.0. The number of ketones is 2. The first-order chi connectivity index (χ1) is 50.4. The van der Waals surface area contributed by atoms with E-state index in [1.54, 1.807) is 12.1 Å². The molecular formula is C77H65F4IN20O4. The molecule has 532 valence electrons. The Hall–Kier alpha value is -13.1. The largest absolute Gasteiger partial charge is 0.380 e. The standard InChI is InChI=1S/2C19H16FN5O.2C19H14FN5O.CH4.HI/c4*1-11-10-16(25-24-11)22-18-14-4-2-3-5-15(14)21-19(23-18)17(26)12-6-8-13(20)9-7-12;;/h2*2-10,17,26H,1H3,(H2,21,22,23,24,25);2*2-10H,1H3,(H2,21,22,23,24,25);1H4;1H/t2*17-;;;;/m10..../s1. The summed E-state index contributed by atoms with van der Waals surface area (Å²) in [6.45, 7) is 7.58. The molecular weight excluding hydrogens is 1470 g/mol. The number of rotatable bonds is 16. The van der Waals surface area contributed by atoms with Gasteiger partial charge in [-0.2, -0.15) is 20.4 Å². The van der Waals surface area contributed by atoms with E-state index in [2.05, 4.69) is 102 Å². The molecule has 29 heteroatoms. The smallest absolute Gasteiger partial charge is 0.230 e. The third-order valence-electron chi connectivity index (χ3n) is 15.7. The van der Waals surface area contributed by atoms with Crippen molar-refractivity contribution in [1.29, 1.82) is 0 Å². The number of aliphatic hydroxyl groups excluding tert-OH is 2. The minimum absolute atomic E-state index is 0. The lowest BCUT2D eigenvalue weighted by atomic mass is 10.1. The maximum atomic E-state index is 13.1. The second-order valence-electron chi connectivity index (χ2n) is 23.5. The zero-order valence-corrected chi connectivity index (χ0v) is 58.3. The number of aromatic nitrogens is 16. The highest BCUT2D eigenvalue weighted by molar-refractivity contribution is 14.0. The van der Waals surface area contributed by atoms with Crippen molar-refractivity contribution in [2.24, 2.45) is 0 Å². The van der Waals surface area contributed by atoms with E-state index in [9.17, 15) is 37.4 Å². The number of hydrogen-bond donors (Lipinski definition) is 10. The van der Waals surface area contributed by atoms with Crippen LogP contribution < -0.4 is 21.3 Å². The Morgan fingerprint density at radius 3 is 0.849 bits per heavy atom. The van der Waals surface area contributed by atoms with Crippen LogP contribution in [0.2, 0.25) is 0 Å². The Labute approximate surface area is 618 Å². The van der Waals surface area contributed by atoms with E-state index in [-0.39, 0.29) is 77.9 Å². The number of aromatic amines is 4. The van der Waals surface area contributed by atoms with Gasteiger partial charge >= 0.3 is 0 Å². The number of H-pyrrole nitrogens is 4. The molecule has 2 atom stereocenters. The third-order valence-corrected chi connectivity index (χ3v) is 15.7. The summed E-state index contributed by atoms with van der Waals surface area (Å²) >= 11 is 0. The number of carbonyl (C=O) groups excluding carboxylic acids is 2. The highest BCUT2D eigenvalue weighted by Gasteiger charge is 2.22. The molecule has 8 heterocycles. The number of aryl methyl sites for hydroxylation is 4. The third kappa shape index (κ3) is 17.8. The van der Waals surface area contributed by atoms with Crippen molar-refractivity contribution in [3.63, 3.8) is 0 Å². The summed E-state index contributed by atoms with van der Waals surface area (Å²) in [6.07, 6.45) is -2.14. The van der Waals surface area contributed by atoms with E-state index in [1.165, 1.54) is 97.1 Å². The van der Waals surface area contributed by atoms with Gasteiger partial charge in [0.2, 0.25) is 23.2 Å². The molecule has 0 bridgehead atoms. The predicted octanol–water partition coefficient (Wildman–Crippen LogP) is 16.1. The molecule has 0 saturated heterocycles. The molecule has 106 heavy (non-hydrogen) atoms. The van der Waals surface area contributed by atoms with Crippen molar-refractivity contribution in [3.8, 4) is 0 Å². The molecule has 8 aromatic carbocycles. The summed E-state index contributed by atoms with van der Waals surface area (Å²) in [7, 11) is 0. The predicted molar refractivity (Wildman–Crippen MR) is 407 cm³/mol. The number of nitrogens with one attached hydrogen (secondary N) is 8. The van der Waals surface area contributed by atoms with E-state index >= 15 is 0 Å². The number of benzene rings is 8. The van der Waals surface area contributed by atoms with Gasteiger partial charge in [0.1, 0.15) is 58.7 Å². The first kappa shape index (κ1) is 74.1. The van der Waals surface area contributed by atoms with Crippen LogP contribution in [0.3, 0.4) is 0 Å². The molecule has 0 aliphatic heterocycles. The lowest BCUT2D eigenvalue weighted by molar-refractivity contribution is 0.102. The van der Waals surface area contributed by atoms with E-state index in [1.807, 2.05) is 137 Å². The van der Waals surface area contributed by atoms with E-state index in [4.69, 9.17) is 0 Å². The van der Waals surface area contributed by atoms with Crippen LogP contribution >= 0.6 is 24.0 Å². The minimum Gasteiger partial charge on any atom is -0.380 e. The maximum Gasteiger partial charge on any atom is 0.230 e. The second-order valence-corrected chi connectivity index (χ2v) is 23.5. The number of anilines is 8. The highest BCUT2D eigenvalue weighted by Crippen LogP contribution is 2.32. The molecule has 16 aromatic rings. The fourth-order valence-electron chi connectivity index (χ4n) is 10.6. The first-order valence-electron chi connectivity index (χ1n) is 32.1. The van der Waals surface area contributed by atoms with Crippen molar-refractivity contribution in [3.05, 3.63) is 310 Å². The summed E-state index contributed by atoms with van der Waals surface area (Å²) in [4.78, 5) is 60.8. The van der Waals surface area contributed by atoms with Crippen LogP contribution in [0, 0.1) is 51.0 Å². The molecule has 0 fully saturated rings. The normalized spacial score (nSPS) is 11.3. The average molecular weight is 1540 g/mol. The Kier molecular flexibility index (Phi) is 23.3. The van der Waals surface area contributed by atoms with Crippen LogP contribution in [-0.2, 0) is 0 Å². The summed E-state index contributed by atoms with van der Waals surface area (Å²) in [5.74, 6) is 2.68. The number of para-hydroxylation sites is 4. The fraction of sp³-hybridized carbons (Fsp3) is 0.0909. The van der Waals surface area contributed by atoms with Crippen LogP contribution in [0.4, 0.5) is 64.1 Å². The van der Waals surface area contributed by atoms with Crippen molar-refractivity contribution in [2.75, 3.05) is 21.3 Å². The molecule has 8 aromatic heterocycles. The number of carbonyl (C=O) groups is 2. The van der Waals surface area contributed by atoms with Gasteiger partial charge in [0, 0.05) is 79.7 Å². The van der Waals surface area contributed by atoms with Gasteiger partial charge in [0.25, 0.3) is 0 Å². The minimum atomic E-state index is -1.07. The molecule has 0 radical (unpaired) electrons. The van der Waals surface area contributed by atoms with Crippen molar-refractivity contribution < 1.29 is 37.4 Å². The quantitative estimate of drug-likeness (QED) is 0.0244. The zero-order valence-electron chi connectivity index (χ0n) is 55.9. The average Bonchev–Trinajstić information content (AvgIpc) is 1.07. The van der Waals surface area contributed by atoms with Gasteiger partial charge in [-0.05, 0) is 160 Å². The van der Waals surface area contributed by atoms with Gasteiger partial charge in [0.05, 0.1) is 22.1 Å². The fourth-order valence-corrected chi connectivity index (χ4v) is 10.6. The van der Waals surface area contributed by atoms with E-state index in [0.717, 1.165) is 44.3 Å². The Morgan fingerprint density at radius 1 is 0.340 bits per heavy atom. The van der Waals surface area contributed by atoms with Crippen molar-refractivity contribution in [1.82, 2.24) is 80.7 Å². The molecule has 16 rings (SSSR count).